The van der Waals surface area contributed by atoms with Gasteiger partial charge in [0.25, 0.3) is 0 Å². The van der Waals surface area contributed by atoms with E-state index in [2.05, 4.69) is 66.3 Å². The molecular formula is C17H19BrClNS. The van der Waals surface area contributed by atoms with Crippen molar-refractivity contribution in [2.75, 3.05) is 0 Å². The zero-order chi connectivity index (χ0) is 15.5. The van der Waals surface area contributed by atoms with Crippen LogP contribution in [0.1, 0.15) is 26.3 Å². The minimum atomic E-state index is 0.108. The quantitative estimate of drug-likeness (QED) is 0.679. The van der Waals surface area contributed by atoms with Crippen LogP contribution in [0.2, 0.25) is 5.02 Å². The summed E-state index contributed by atoms with van der Waals surface area (Å²) in [7, 11) is 0. The minimum Gasteiger partial charge on any atom is -0.308 e. The minimum absolute atomic E-state index is 0.108. The molecule has 0 heterocycles. The van der Waals surface area contributed by atoms with Gasteiger partial charge >= 0.3 is 0 Å². The molecule has 0 fully saturated rings. The average molecular weight is 385 g/mol. The van der Waals surface area contributed by atoms with E-state index in [-0.39, 0.29) is 5.54 Å². The molecule has 1 nitrogen and oxygen atoms in total. The van der Waals surface area contributed by atoms with E-state index in [1.54, 1.807) is 11.8 Å². The fourth-order valence-electron chi connectivity index (χ4n) is 1.73. The third-order valence-electron chi connectivity index (χ3n) is 2.86. The molecule has 0 aliphatic carbocycles. The van der Waals surface area contributed by atoms with Crippen molar-refractivity contribution in [2.45, 2.75) is 42.6 Å². The fraction of sp³-hybridized carbons (Fsp3) is 0.294. The summed E-state index contributed by atoms with van der Waals surface area (Å²) in [6.45, 7) is 7.30. The zero-order valence-corrected chi connectivity index (χ0v) is 15.6. The predicted molar refractivity (Wildman–Crippen MR) is 96.3 cm³/mol. The molecule has 0 aliphatic rings. The Morgan fingerprint density at radius 1 is 1.10 bits per heavy atom. The molecule has 4 heteroatoms. The Labute approximate surface area is 144 Å². The topological polar surface area (TPSA) is 12.0 Å². The van der Waals surface area contributed by atoms with Crippen molar-refractivity contribution in [1.82, 2.24) is 5.32 Å². The van der Waals surface area contributed by atoms with Gasteiger partial charge in [-0.15, -0.1) is 0 Å². The van der Waals surface area contributed by atoms with Gasteiger partial charge in [-0.1, -0.05) is 45.4 Å². The van der Waals surface area contributed by atoms with Gasteiger partial charge in [0.2, 0.25) is 0 Å². The Bertz CT molecular complexity index is 605. The molecule has 0 radical (unpaired) electrons. The van der Waals surface area contributed by atoms with Gasteiger partial charge in [-0.25, -0.2) is 0 Å². The monoisotopic (exact) mass is 383 g/mol. The van der Waals surface area contributed by atoms with Crippen LogP contribution >= 0.6 is 39.3 Å². The molecule has 0 aliphatic heterocycles. The largest absolute Gasteiger partial charge is 0.308 e. The van der Waals surface area contributed by atoms with Gasteiger partial charge in [0.1, 0.15) is 0 Å². The third-order valence-corrected chi connectivity index (χ3v) is 4.90. The van der Waals surface area contributed by atoms with Gasteiger partial charge in [-0.05, 0) is 62.7 Å². The smallest absolute Gasteiger partial charge is 0.0548 e. The Kier molecular flexibility index (Phi) is 5.78. The maximum Gasteiger partial charge on any atom is 0.0548 e. The van der Waals surface area contributed by atoms with E-state index < -0.39 is 0 Å². The highest BCUT2D eigenvalue weighted by atomic mass is 79.9. The molecule has 21 heavy (non-hydrogen) atoms. The Hall–Kier alpha value is -0.480. The molecule has 0 amide bonds. The van der Waals surface area contributed by atoms with Gasteiger partial charge in [-0.3, -0.25) is 0 Å². The summed E-state index contributed by atoms with van der Waals surface area (Å²) in [5.74, 6) is 0. The first kappa shape index (κ1) is 16.9. The first-order valence-electron chi connectivity index (χ1n) is 6.80. The highest BCUT2D eigenvalue weighted by Crippen LogP contribution is 2.34. The van der Waals surface area contributed by atoms with Gasteiger partial charge in [0, 0.05) is 26.3 Å². The molecule has 0 saturated carbocycles. The van der Waals surface area contributed by atoms with Gasteiger partial charge in [0.05, 0.1) is 5.02 Å². The van der Waals surface area contributed by atoms with Gasteiger partial charge in [0.15, 0.2) is 0 Å². The van der Waals surface area contributed by atoms with Gasteiger partial charge < -0.3 is 5.32 Å². The average Bonchev–Trinajstić information content (AvgIpc) is 2.41. The summed E-state index contributed by atoms with van der Waals surface area (Å²) in [5.41, 5.74) is 1.31. The standard InChI is InChI=1S/C17H19BrClNS/c1-17(2,3)20-11-12-4-9-16(15(19)10-12)21-14-7-5-13(18)6-8-14/h4-10,20H,11H2,1-3H3. The van der Waals surface area contributed by atoms with Crippen molar-refractivity contribution in [3.05, 3.63) is 57.5 Å². The number of nitrogens with one attached hydrogen (secondary N) is 1. The molecule has 2 aromatic carbocycles. The first-order valence-corrected chi connectivity index (χ1v) is 8.79. The predicted octanol–water partition coefficient (Wildman–Crippen LogP) is 6.14. The molecule has 0 unspecified atom stereocenters. The fourth-order valence-corrected chi connectivity index (χ4v) is 3.14. The van der Waals surface area contributed by atoms with Crippen LogP contribution in [0.5, 0.6) is 0 Å². The van der Waals surface area contributed by atoms with E-state index in [9.17, 15) is 0 Å². The van der Waals surface area contributed by atoms with E-state index in [1.165, 1.54) is 10.5 Å². The molecule has 0 spiro atoms. The van der Waals surface area contributed by atoms with Crippen LogP contribution in [0, 0.1) is 0 Å². The summed E-state index contributed by atoms with van der Waals surface area (Å²) in [4.78, 5) is 2.26. The summed E-state index contributed by atoms with van der Waals surface area (Å²) >= 11 is 11.5. The molecule has 0 aromatic heterocycles. The number of halogens is 2. The highest BCUT2D eigenvalue weighted by molar-refractivity contribution is 9.10. The summed E-state index contributed by atoms with van der Waals surface area (Å²) in [6, 6.07) is 14.5. The van der Waals surface area contributed by atoms with Gasteiger partial charge in [-0.2, -0.15) is 0 Å². The van der Waals surface area contributed by atoms with Crippen molar-refractivity contribution in [2.24, 2.45) is 0 Å². The lowest BCUT2D eigenvalue weighted by atomic mass is 10.1. The molecule has 0 saturated heterocycles. The summed E-state index contributed by atoms with van der Waals surface area (Å²) in [5, 5.41) is 4.27. The normalized spacial score (nSPS) is 11.7. The van der Waals surface area contributed by atoms with E-state index in [4.69, 9.17) is 11.6 Å². The molecule has 0 atom stereocenters. The second-order valence-electron chi connectivity index (χ2n) is 5.92. The number of hydrogen-bond acceptors (Lipinski definition) is 2. The van der Waals surface area contributed by atoms with Crippen molar-refractivity contribution >= 4 is 39.3 Å². The van der Waals surface area contributed by atoms with Crippen LogP contribution < -0.4 is 5.32 Å². The zero-order valence-electron chi connectivity index (χ0n) is 12.4. The van der Waals surface area contributed by atoms with Crippen LogP contribution in [0.15, 0.2) is 56.7 Å². The highest BCUT2D eigenvalue weighted by Gasteiger charge is 2.09. The number of benzene rings is 2. The van der Waals surface area contributed by atoms with Crippen LogP contribution in [-0.4, -0.2) is 5.54 Å². The number of hydrogen-bond donors (Lipinski definition) is 1. The van der Waals surface area contributed by atoms with Crippen molar-refractivity contribution in [3.8, 4) is 0 Å². The van der Waals surface area contributed by atoms with Crippen LogP contribution in [0.25, 0.3) is 0 Å². The van der Waals surface area contributed by atoms with Crippen LogP contribution in [0.3, 0.4) is 0 Å². The molecule has 0 bridgehead atoms. The SMILES string of the molecule is CC(C)(C)NCc1ccc(Sc2ccc(Br)cc2)c(Cl)c1. The van der Waals surface area contributed by atoms with Crippen molar-refractivity contribution in [3.63, 3.8) is 0 Å². The van der Waals surface area contributed by atoms with Crippen LogP contribution in [-0.2, 0) is 6.54 Å². The lowest BCUT2D eigenvalue weighted by molar-refractivity contribution is 0.424. The van der Waals surface area contributed by atoms with Crippen molar-refractivity contribution < 1.29 is 0 Å². The second-order valence-corrected chi connectivity index (χ2v) is 8.36. The maximum absolute atomic E-state index is 6.40. The van der Waals surface area contributed by atoms with Crippen molar-refractivity contribution in [1.29, 1.82) is 0 Å². The first-order chi connectivity index (χ1) is 9.83. The van der Waals surface area contributed by atoms with E-state index in [0.29, 0.717) is 0 Å². The lowest BCUT2D eigenvalue weighted by Gasteiger charge is -2.20. The van der Waals surface area contributed by atoms with Crippen LogP contribution in [0.4, 0.5) is 0 Å². The third kappa shape index (κ3) is 5.67. The van der Waals surface area contributed by atoms with E-state index in [0.717, 1.165) is 20.9 Å². The Morgan fingerprint density at radius 2 is 1.76 bits per heavy atom. The molecule has 2 rings (SSSR count). The lowest BCUT2D eigenvalue weighted by Crippen LogP contribution is -2.35. The maximum atomic E-state index is 6.40. The molecule has 1 N–H and O–H groups in total. The summed E-state index contributed by atoms with van der Waals surface area (Å²) in [6.07, 6.45) is 0. The summed E-state index contributed by atoms with van der Waals surface area (Å²) < 4.78 is 1.08. The van der Waals surface area contributed by atoms with E-state index in [1.807, 2.05) is 18.2 Å². The molecular weight excluding hydrogens is 366 g/mol. The van der Waals surface area contributed by atoms with E-state index >= 15 is 0 Å². The Morgan fingerprint density at radius 3 is 2.33 bits per heavy atom. The molecule has 2 aromatic rings. The molecule has 112 valence electrons. The second kappa shape index (κ2) is 7.19. The Balaban J connectivity index is 2.07. The number of rotatable bonds is 4.